The molecule has 0 unspecified atom stereocenters. The van der Waals surface area contributed by atoms with Crippen molar-refractivity contribution in [3.8, 4) is 11.5 Å². The zero-order valence-electron chi connectivity index (χ0n) is 16.1. The molecule has 2 rings (SSSR count). The fourth-order valence-electron chi connectivity index (χ4n) is 2.71. The SMILES string of the molecule is CCC(CC)c1cc(CNC(=NC)Nc2ccc(OC)c(OC)c2)on1. The van der Waals surface area contributed by atoms with Gasteiger partial charge in [-0.25, -0.2) is 0 Å². The first kappa shape index (κ1) is 19.6. The van der Waals surface area contributed by atoms with Gasteiger partial charge in [0, 0.05) is 30.8 Å². The Morgan fingerprint density at radius 1 is 1.15 bits per heavy atom. The molecule has 0 amide bonds. The largest absolute Gasteiger partial charge is 0.493 e. The maximum atomic E-state index is 5.43. The van der Waals surface area contributed by atoms with Crippen LogP contribution in [-0.2, 0) is 6.54 Å². The molecule has 0 aliphatic rings. The van der Waals surface area contributed by atoms with Crippen molar-refractivity contribution in [1.29, 1.82) is 0 Å². The predicted octanol–water partition coefficient (Wildman–Crippen LogP) is 3.78. The van der Waals surface area contributed by atoms with Crippen LogP contribution in [0.5, 0.6) is 11.5 Å². The molecule has 0 saturated heterocycles. The first-order chi connectivity index (χ1) is 12.6. The Morgan fingerprint density at radius 2 is 1.88 bits per heavy atom. The summed E-state index contributed by atoms with van der Waals surface area (Å²) < 4.78 is 16.0. The van der Waals surface area contributed by atoms with Crippen LogP contribution in [-0.4, -0.2) is 32.4 Å². The first-order valence-corrected chi connectivity index (χ1v) is 8.80. The van der Waals surface area contributed by atoms with Gasteiger partial charge in [-0.1, -0.05) is 19.0 Å². The van der Waals surface area contributed by atoms with Crippen molar-refractivity contribution in [2.75, 3.05) is 26.6 Å². The molecule has 0 radical (unpaired) electrons. The normalized spacial score (nSPS) is 11.5. The van der Waals surface area contributed by atoms with Crippen LogP contribution in [0, 0.1) is 0 Å². The topological polar surface area (TPSA) is 80.9 Å². The number of nitrogens with one attached hydrogen (secondary N) is 2. The highest BCUT2D eigenvalue weighted by Crippen LogP contribution is 2.29. The molecular formula is C19H28N4O3. The predicted molar refractivity (Wildman–Crippen MR) is 103 cm³/mol. The average molecular weight is 360 g/mol. The Labute approximate surface area is 154 Å². The Bertz CT molecular complexity index is 723. The molecule has 142 valence electrons. The molecule has 0 bridgehead atoms. The van der Waals surface area contributed by atoms with E-state index in [1.54, 1.807) is 21.3 Å². The standard InChI is InChI=1S/C19H28N4O3/c1-6-13(7-2)16-11-15(26-23-16)12-21-19(20-3)22-14-8-9-17(24-4)18(10-14)25-5/h8-11,13H,6-7,12H2,1-5H3,(H2,20,21,22). The highest BCUT2D eigenvalue weighted by molar-refractivity contribution is 5.93. The van der Waals surface area contributed by atoms with Gasteiger partial charge in [0.25, 0.3) is 0 Å². The van der Waals surface area contributed by atoms with Crippen LogP contribution in [0.3, 0.4) is 0 Å². The molecule has 2 aromatic rings. The molecule has 0 saturated carbocycles. The quantitative estimate of drug-likeness (QED) is 0.551. The highest BCUT2D eigenvalue weighted by Gasteiger charge is 2.13. The number of methoxy groups -OCH3 is 2. The number of anilines is 1. The highest BCUT2D eigenvalue weighted by atomic mass is 16.5. The number of aromatic nitrogens is 1. The molecule has 2 N–H and O–H groups in total. The van der Waals surface area contributed by atoms with Gasteiger partial charge in [0.2, 0.25) is 0 Å². The average Bonchev–Trinajstić information content (AvgIpc) is 3.14. The minimum Gasteiger partial charge on any atom is -0.493 e. The lowest BCUT2D eigenvalue weighted by Gasteiger charge is -2.13. The summed E-state index contributed by atoms with van der Waals surface area (Å²) in [7, 11) is 4.93. The maximum absolute atomic E-state index is 5.43. The minimum atomic E-state index is 0.441. The van der Waals surface area contributed by atoms with Gasteiger partial charge in [-0.3, -0.25) is 4.99 Å². The number of nitrogens with zero attached hydrogens (tertiary/aromatic N) is 2. The lowest BCUT2D eigenvalue weighted by Crippen LogP contribution is -2.30. The van der Waals surface area contributed by atoms with Gasteiger partial charge in [0.1, 0.15) is 0 Å². The number of hydrogen-bond acceptors (Lipinski definition) is 5. The fourth-order valence-corrected chi connectivity index (χ4v) is 2.71. The minimum absolute atomic E-state index is 0.441. The fraction of sp³-hybridized carbons (Fsp3) is 0.474. The summed E-state index contributed by atoms with van der Waals surface area (Å²) in [4.78, 5) is 4.23. The molecule has 1 aromatic carbocycles. The summed E-state index contributed by atoms with van der Waals surface area (Å²) in [5, 5.41) is 10.6. The molecule has 0 atom stereocenters. The van der Waals surface area contributed by atoms with E-state index in [-0.39, 0.29) is 0 Å². The van der Waals surface area contributed by atoms with Crippen molar-refractivity contribution >= 4 is 11.6 Å². The third kappa shape index (κ3) is 4.91. The van der Waals surface area contributed by atoms with E-state index in [1.807, 2.05) is 24.3 Å². The molecule has 0 aliphatic carbocycles. The van der Waals surface area contributed by atoms with Gasteiger partial charge in [-0.2, -0.15) is 0 Å². The Hall–Kier alpha value is -2.70. The Morgan fingerprint density at radius 3 is 2.50 bits per heavy atom. The van der Waals surface area contributed by atoms with E-state index in [1.165, 1.54) is 0 Å². The van der Waals surface area contributed by atoms with Crippen LogP contribution in [0.25, 0.3) is 0 Å². The molecule has 0 aliphatic heterocycles. The second-order valence-electron chi connectivity index (χ2n) is 5.85. The summed E-state index contributed by atoms with van der Waals surface area (Å²) in [6.07, 6.45) is 2.11. The van der Waals surface area contributed by atoms with Crippen LogP contribution in [0.15, 0.2) is 33.8 Å². The summed E-state index contributed by atoms with van der Waals surface area (Å²) in [6, 6.07) is 7.60. The van der Waals surface area contributed by atoms with E-state index in [4.69, 9.17) is 14.0 Å². The number of guanidine groups is 1. The van der Waals surface area contributed by atoms with E-state index < -0.39 is 0 Å². The van der Waals surface area contributed by atoms with Gasteiger partial charge >= 0.3 is 0 Å². The number of aliphatic imine (C=N–C) groups is 1. The van der Waals surface area contributed by atoms with E-state index in [0.29, 0.717) is 29.9 Å². The smallest absolute Gasteiger partial charge is 0.195 e. The van der Waals surface area contributed by atoms with E-state index >= 15 is 0 Å². The van der Waals surface area contributed by atoms with E-state index in [9.17, 15) is 0 Å². The third-order valence-electron chi connectivity index (χ3n) is 4.28. The number of benzene rings is 1. The van der Waals surface area contributed by atoms with Gasteiger partial charge in [0.05, 0.1) is 26.5 Å². The molecule has 26 heavy (non-hydrogen) atoms. The zero-order valence-corrected chi connectivity index (χ0v) is 16.1. The van der Waals surface area contributed by atoms with E-state index in [0.717, 1.165) is 30.0 Å². The number of ether oxygens (including phenoxy) is 2. The van der Waals surface area contributed by atoms with Crippen molar-refractivity contribution < 1.29 is 14.0 Å². The summed E-state index contributed by atoms with van der Waals surface area (Å²) in [5.41, 5.74) is 1.85. The maximum Gasteiger partial charge on any atom is 0.195 e. The van der Waals surface area contributed by atoms with Crippen LogP contribution in [0.4, 0.5) is 5.69 Å². The van der Waals surface area contributed by atoms with E-state index in [2.05, 4.69) is 34.6 Å². The monoisotopic (exact) mass is 360 g/mol. The van der Waals surface area contributed by atoms with Crippen LogP contribution >= 0.6 is 0 Å². The Kier molecular flexibility index (Phi) is 7.32. The summed E-state index contributed by atoms with van der Waals surface area (Å²) in [5.74, 6) is 3.17. The van der Waals surface area contributed by atoms with Crippen LogP contribution < -0.4 is 20.1 Å². The van der Waals surface area contributed by atoms with Crippen molar-refractivity contribution in [1.82, 2.24) is 10.5 Å². The van der Waals surface area contributed by atoms with Crippen LogP contribution in [0.1, 0.15) is 44.1 Å². The van der Waals surface area contributed by atoms with Crippen molar-refractivity contribution in [3.05, 3.63) is 35.7 Å². The number of rotatable bonds is 8. The van der Waals surface area contributed by atoms with Crippen LogP contribution in [0.2, 0.25) is 0 Å². The van der Waals surface area contributed by atoms with Gasteiger partial charge < -0.3 is 24.6 Å². The molecular weight excluding hydrogens is 332 g/mol. The van der Waals surface area contributed by atoms with Gasteiger partial charge in [-0.05, 0) is 25.0 Å². The van der Waals surface area contributed by atoms with Crippen molar-refractivity contribution in [2.24, 2.45) is 4.99 Å². The first-order valence-electron chi connectivity index (χ1n) is 8.80. The zero-order chi connectivity index (χ0) is 18.9. The molecule has 7 nitrogen and oxygen atoms in total. The lowest BCUT2D eigenvalue weighted by atomic mass is 9.99. The Balaban J connectivity index is 1.98. The third-order valence-corrected chi connectivity index (χ3v) is 4.28. The molecule has 0 spiro atoms. The number of hydrogen-bond donors (Lipinski definition) is 2. The molecule has 7 heteroatoms. The summed E-state index contributed by atoms with van der Waals surface area (Å²) >= 11 is 0. The molecule has 1 aromatic heterocycles. The molecule has 1 heterocycles. The van der Waals surface area contributed by atoms with Crippen molar-refractivity contribution in [2.45, 2.75) is 39.2 Å². The van der Waals surface area contributed by atoms with Gasteiger partial charge in [0.15, 0.2) is 23.2 Å². The van der Waals surface area contributed by atoms with Gasteiger partial charge in [-0.15, -0.1) is 0 Å². The molecule has 0 fully saturated rings. The van der Waals surface area contributed by atoms with Crippen molar-refractivity contribution in [3.63, 3.8) is 0 Å². The second kappa shape index (κ2) is 9.70. The second-order valence-corrected chi connectivity index (χ2v) is 5.85. The lowest BCUT2D eigenvalue weighted by molar-refractivity contribution is 0.355. The summed E-state index contributed by atoms with van der Waals surface area (Å²) in [6.45, 7) is 4.82.